The molecular formula is C37H46N6O6S. The van der Waals surface area contributed by atoms with Gasteiger partial charge in [0.1, 0.15) is 6.04 Å². The molecule has 1 fully saturated rings. The minimum absolute atomic E-state index is 0.116. The fraction of sp³-hybridized carbons (Fsp3) is 0.432. The third-order valence-electron chi connectivity index (χ3n) is 8.56. The van der Waals surface area contributed by atoms with Crippen LogP contribution in [0.1, 0.15) is 66.6 Å². The number of carbonyl (C=O) groups is 3. The number of aromatic nitrogens is 2. The number of aliphatic hydroxyl groups excluding tert-OH is 1. The van der Waals surface area contributed by atoms with Gasteiger partial charge in [0.25, 0.3) is 0 Å². The normalized spacial score (nSPS) is 15.1. The van der Waals surface area contributed by atoms with Crippen LogP contribution in [-0.4, -0.2) is 69.3 Å². The van der Waals surface area contributed by atoms with Crippen molar-refractivity contribution in [1.82, 2.24) is 30.8 Å². The Labute approximate surface area is 296 Å². The lowest BCUT2D eigenvalue weighted by Crippen LogP contribution is -2.55. The molecule has 2 aromatic heterocycles. The molecule has 5 rings (SSSR count). The molecule has 4 atom stereocenters. The van der Waals surface area contributed by atoms with Gasteiger partial charge < -0.3 is 35.1 Å². The molecule has 0 unspecified atom stereocenters. The van der Waals surface area contributed by atoms with Crippen molar-refractivity contribution in [3.63, 3.8) is 0 Å². The number of ether oxygens (including phenoxy) is 1. The molecule has 0 radical (unpaired) electrons. The lowest BCUT2D eigenvalue weighted by Gasteiger charge is -2.30. The summed E-state index contributed by atoms with van der Waals surface area (Å²) >= 11 is 1.63. The summed E-state index contributed by atoms with van der Waals surface area (Å²) in [5.74, 6) is 0.350. The molecular weight excluding hydrogens is 657 g/mol. The molecule has 12 nitrogen and oxygen atoms in total. The summed E-state index contributed by atoms with van der Waals surface area (Å²) in [6.45, 7) is 3.96. The van der Waals surface area contributed by atoms with Crippen molar-refractivity contribution < 1.29 is 28.6 Å². The summed E-state index contributed by atoms with van der Waals surface area (Å²) in [6.07, 6.45) is 4.10. The average molecular weight is 703 g/mol. The van der Waals surface area contributed by atoms with Gasteiger partial charge in [0.2, 0.25) is 5.91 Å². The predicted molar refractivity (Wildman–Crippen MR) is 189 cm³/mol. The maximum absolute atomic E-state index is 13.9. The zero-order valence-corrected chi connectivity index (χ0v) is 29.5. The monoisotopic (exact) mass is 702 g/mol. The molecule has 13 heteroatoms. The third kappa shape index (κ3) is 11.1. The van der Waals surface area contributed by atoms with E-state index in [1.54, 1.807) is 18.4 Å². The maximum Gasteiger partial charge on any atom is 0.407 e. The second kappa shape index (κ2) is 17.8. The van der Waals surface area contributed by atoms with Crippen LogP contribution >= 0.6 is 11.3 Å². The number of aliphatic hydroxyl groups is 1. The molecule has 1 aliphatic carbocycles. The molecule has 2 aromatic carbocycles. The summed E-state index contributed by atoms with van der Waals surface area (Å²) in [7, 11) is 1.69. The highest BCUT2D eigenvalue weighted by Crippen LogP contribution is 2.41. The Morgan fingerprint density at radius 3 is 2.30 bits per heavy atom. The van der Waals surface area contributed by atoms with Crippen LogP contribution < -0.4 is 16.0 Å². The first-order valence-electron chi connectivity index (χ1n) is 17.0. The number of amides is 4. The van der Waals surface area contributed by atoms with Gasteiger partial charge >= 0.3 is 12.1 Å². The molecule has 0 aliphatic heterocycles. The van der Waals surface area contributed by atoms with E-state index in [1.165, 1.54) is 17.5 Å². The number of nitrogens with one attached hydrogen (secondary N) is 3. The van der Waals surface area contributed by atoms with E-state index in [1.807, 2.05) is 79.9 Å². The van der Waals surface area contributed by atoms with Crippen molar-refractivity contribution in [1.29, 1.82) is 0 Å². The van der Waals surface area contributed by atoms with Crippen LogP contribution in [0.2, 0.25) is 0 Å². The fourth-order valence-electron chi connectivity index (χ4n) is 5.64. The maximum atomic E-state index is 13.9. The van der Waals surface area contributed by atoms with E-state index in [9.17, 15) is 19.5 Å². The van der Waals surface area contributed by atoms with E-state index in [0.29, 0.717) is 31.1 Å². The Kier molecular flexibility index (Phi) is 13.0. The Hall–Kier alpha value is -4.75. The first kappa shape index (κ1) is 36.5. The molecule has 4 amide bonds. The quantitative estimate of drug-likeness (QED) is 0.117. The van der Waals surface area contributed by atoms with Crippen LogP contribution in [-0.2, 0) is 35.5 Å². The van der Waals surface area contributed by atoms with Crippen molar-refractivity contribution in [3.05, 3.63) is 106 Å². The molecule has 4 N–H and O–H groups in total. The minimum atomic E-state index is -1.07. The zero-order valence-electron chi connectivity index (χ0n) is 28.7. The Bertz CT molecular complexity index is 1650. The summed E-state index contributed by atoms with van der Waals surface area (Å²) in [5, 5.41) is 23.6. The number of alkyl carbamates (subject to hydrolysis) is 1. The van der Waals surface area contributed by atoms with Crippen LogP contribution in [0.15, 0.2) is 83.1 Å². The largest absolute Gasteiger partial charge is 0.445 e. The Morgan fingerprint density at radius 1 is 1.00 bits per heavy atom. The predicted octanol–water partition coefficient (Wildman–Crippen LogP) is 5.19. The van der Waals surface area contributed by atoms with E-state index in [2.05, 4.69) is 25.9 Å². The second-order valence-electron chi connectivity index (χ2n) is 13.2. The van der Waals surface area contributed by atoms with E-state index in [0.717, 1.165) is 34.7 Å². The molecule has 0 saturated heterocycles. The van der Waals surface area contributed by atoms with Crippen molar-refractivity contribution in [2.75, 3.05) is 7.05 Å². The number of benzene rings is 2. The number of carbonyl (C=O) groups excluding carboxylic acids is 3. The first-order chi connectivity index (χ1) is 24.1. The van der Waals surface area contributed by atoms with Gasteiger partial charge in [0, 0.05) is 24.4 Å². The van der Waals surface area contributed by atoms with E-state index < -0.39 is 30.3 Å². The highest BCUT2D eigenvalue weighted by atomic mass is 32.1. The van der Waals surface area contributed by atoms with Crippen LogP contribution in [0.3, 0.4) is 0 Å². The van der Waals surface area contributed by atoms with Crippen LogP contribution in [0.4, 0.5) is 9.59 Å². The van der Waals surface area contributed by atoms with Gasteiger partial charge in [-0.05, 0) is 49.1 Å². The van der Waals surface area contributed by atoms with Gasteiger partial charge in [-0.1, -0.05) is 74.5 Å². The van der Waals surface area contributed by atoms with Crippen LogP contribution in [0.25, 0.3) is 0 Å². The highest BCUT2D eigenvalue weighted by molar-refractivity contribution is 7.09. The number of hydrogen-bond donors (Lipinski definition) is 4. The SMILES string of the molecule is CC(C)[C@H](NC(=O)N(C)Cc1csc(C2CC2)n1)C(=O)N[C@@H](Cc1ccccc1)C[C@H](O)[C@H](Cc1ccccc1)NC(=O)OCc1cnco1. The molecule has 0 bridgehead atoms. The van der Waals surface area contributed by atoms with Crippen molar-refractivity contribution in [3.8, 4) is 0 Å². The zero-order chi connectivity index (χ0) is 35.5. The van der Waals surface area contributed by atoms with Crippen LogP contribution in [0, 0.1) is 5.92 Å². The van der Waals surface area contributed by atoms with E-state index in [4.69, 9.17) is 9.15 Å². The van der Waals surface area contributed by atoms with Crippen molar-refractivity contribution in [2.24, 2.45) is 5.92 Å². The molecule has 266 valence electrons. The minimum Gasteiger partial charge on any atom is -0.445 e. The molecule has 0 spiro atoms. The lowest BCUT2D eigenvalue weighted by atomic mass is 9.93. The topological polar surface area (TPSA) is 159 Å². The van der Waals surface area contributed by atoms with Gasteiger partial charge in [-0.3, -0.25) is 4.79 Å². The molecule has 4 aromatic rings. The van der Waals surface area contributed by atoms with Gasteiger partial charge in [-0.2, -0.15) is 0 Å². The standard InChI is InChI=1S/C37H46N6O6S/c1-24(2)33(42-36(46)43(3)20-29-22-50-35(40-29)27-14-15-27)34(45)39-28(16-25-10-6-4-7-11-25)18-32(44)31(17-26-12-8-5-9-13-26)41-37(47)48-21-30-19-38-23-49-30/h4-13,19,22-24,27-28,31-33,44H,14-18,20-21H2,1-3H3,(H,39,45)(H,41,47)(H,42,46)/t28-,31-,32-,33-/m0/s1. The van der Waals surface area contributed by atoms with Crippen molar-refractivity contribution >= 4 is 29.4 Å². The summed E-state index contributed by atoms with van der Waals surface area (Å²) in [5.41, 5.74) is 2.70. The summed E-state index contributed by atoms with van der Waals surface area (Å²) < 4.78 is 10.5. The second-order valence-corrected chi connectivity index (χ2v) is 14.1. The van der Waals surface area contributed by atoms with Gasteiger partial charge in [0.05, 0.1) is 35.6 Å². The van der Waals surface area contributed by atoms with Crippen LogP contribution in [0.5, 0.6) is 0 Å². The average Bonchev–Trinajstić information content (AvgIpc) is 3.61. The van der Waals surface area contributed by atoms with E-state index in [-0.39, 0.29) is 30.9 Å². The molecule has 1 saturated carbocycles. The number of urea groups is 1. The number of oxazole rings is 1. The number of hydrogen-bond acceptors (Lipinski definition) is 9. The Balaban J connectivity index is 1.26. The Morgan fingerprint density at radius 2 is 1.68 bits per heavy atom. The molecule has 2 heterocycles. The summed E-state index contributed by atoms with van der Waals surface area (Å²) in [6, 6.07) is 16.7. The molecule has 50 heavy (non-hydrogen) atoms. The first-order valence-corrected chi connectivity index (χ1v) is 17.9. The smallest absolute Gasteiger partial charge is 0.407 e. The highest BCUT2D eigenvalue weighted by Gasteiger charge is 2.31. The molecule has 1 aliphatic rings. The summed E-state index contributed by atoms with van der Waals surface area (Å²) in [4.78, 5) is 50.0. The van der Waals surface area contributed by atoms with Gasteiger partial charge in [-0.25, -0.2) is 19.6 Å². The number of thiazole rings is 1. The fourth-order valence-corrected chi connectivity index (χ4v) is 6.62. The van der Waals surface area contributed by atoms with Gasteiger partial charge in [-0.15, -0.1) is 11.3 Å². The van der Waals surface area contributed by atoms with Gasteiger partial charge in [0.15, 0.2) is 18.8 Å². The third-order valence-corrected chi connectivity index (χ3v) is 9.62. The van der Waals surface area contributed by atoms with E-state index >= 15 is 0 Å². The lowest BCUT2D eigenvalue weighted by molar-refractivity contribution is -0.124. The number of nitrogens with zero attached hydrogens (tertiary/aromatic N) is 3. The van der Waals surface area contributed by atoms with Crippen molar-refractivity contribution in [2.45, 2.75) is 89.3 Å². The number of rotatable bonds is 17.